The quantitative estimate of drug-likeness (QED) is 0.345. The van der Waals surface area contributed by atoms with Gasteiger partial charge < -0.3 is 9.64 Å². The molecule has 0 spiro atoms. The summed E-state index contributed by atoms with van der Waals surface area (Å²) in [5.74, 6) is 1.61. The molecule has 4 aromatic rings. The highest BCUT2D eigenvalue weighted by Crippen LogP contribution is 2.59. The summed E-state index contributed by atoms with van der Waals surface area (Å²) in [5, 5.41) is 16.7. The predicted octanol–water partition coefficient (Wildman–Crippen LogP) is 5.34. The van der Waals surface area contributed by atoms with Crippen molar-refractivity contribution in [3.63, 3.8) is 0 Å². The Bertz CT molecular complexity index is 1580. The van der Waals surface area contributed by atoms with Crippen molar-refractivity contribution < 1.29 is 4.74 Å². The third-order valence-corrected chi connectivity index (χ3v) is 8.92. The van der Waals surface area contributed by atoms with Gasteiger partial charge in [-0.25, -0.2) is 4.98 Å². The number of piperidine rings is 1. The molecule has 7 nitrogen and oxygen atoms in total. The number of nitriles is 1. The second kappa shape index (κ2) is 8.96. The molecular weight excluding hydrogens is 519 g/mol. The van der Waals surface area contributed by atoms with E-state index in [9.17, 15) is 5.26 Å². The number of ether oxygens (including phenoxy) is 1. The number of nitrogens with zero attached hydrogens (tertiary/aromatic N) is 6. The van der Waals surface area contributed by atoms with E-state index in [1.54, 1.807) is 0 Å². The first kappa shape index (κ1) is 23.9. The van der Waals surface area contributed by atoms with Crippen molar-refractivity contribution in [3.05, 3.63) is 70.3 Å². The summed E-state index contributed by atoms with van der Waals surface area (Å²) in [6.45, 7) is 6.68. The number of aryl methyl sites for hydroxylation is 1. The average Bonchev–Trinajstić information content (AvgIpc) is 3.20. The molecule has 1 aliphatic carbocycles. The zero-order chi connectivity index (χ0) is 26.0. The maximum atomic E-state index is 10.2. The van der Waals surface area contributed by atoms with Crippen LogP contribution in [0, 0.1) is 30.1 Å². The van der Waals surface area contributed by atoms with Gasteiger partial charge in [0.25, 0.3) is 0 Å². The molecule has 7 rings (SSSR count). The lowest BCUT2D eigenvalue weighted by Crippen LogP contribution is -2.49. The number of hydrogen-bond acceptors (Lipinski definition) is 6. The zero-order valence-corrected chi connectivity index (χ0v) is 22.5. The number of anilines is 1. The summed E-state index contributed by atoms with van der Waals surface area (Å²) in [6.07, 6.45) is 0. The average molecular weight is 545 g/mol. The van der Waals surface area contributed by atoms with Crippen molar-refractivity contribution in [3.8, 4) is 28.5 Å². The third-order valence-electron chi connectivity index (χ3n) is 8.34. The van der Waals surface area contributed by atoms with Crippen LogP contribution in [0.3, 0.4) is 0 Å². The molecule has 2 aromatic heterocycles. The monoisotopic (exact) mass is 544 g/mol. The summed E-state index contributed by atoms with van der Waals surface area (Å²) >= 11 is 12.9. The molecule has 0 radical (unpaired) electrons. The number of fused-ring (bicyclic) bond motifs is 2. The van der Waals surface area contributed by atoms with E-state index in [2.05, 4.69) is 21.9 Å². The van der Waals surface area contributed by atoms with Crippen LogP contribution in [0.4, 0.5) is 5.82 Å². The van der Waals surface area contributed by atoms with E-state index in [-0.39, 0.29) is 5.54 Å². The normalized spacial score (nSPS) is 24.9. The Labute approximate surface area is 231 Å². The molecule has 1 saturated carbocycles. The van der Waals surface area contributed by atoms with Crippen molar-refractivity contribution >= 4 is 34.7 Å². The van der Waals surface area contributed by atoms with E-state index in [0.717, 1.165) is 65.7 Å². The van der Waals surface area contributed by atoms with E-state index in [1.807, 2.05) is 60.0 Å². The minimum atomic E-state index is -0.372. The van der Waals surface area contributed by atoms with Crippen LogP contribution in [0.5, 0.6) is 0 Å². The van der Waals surface area contributed by atoms with Crippen LogP contribution in [-0.4, -0.2) is 64.4 Å². The zero-order valence-electron chi connectivity index (χ0n) is 20.9. The molecule has 0 N–H and O–H groups in total. The predicted molar refractivity (Wildman–Crippen MR) is 149 cm³/mol. The van der Waals surface area contributed by atoms with Gasteiger partial charge in [-0.15, -0.1) is 0 Å². The Morgan fingerprint density at radius 1 is 1.03 bits per heavy atom. The third kappa shape index (κ3) is 3.55. The highest BCUT2D eigenvalue weighted by atomic mass is 35.5. The Balaban J connectivity index is 1.33. The summed E-state index contributed by atoms with van der Waals surface area (Å²) in [4.78, 5) is 9.66. The van der Waals surface area contributed by atoms with Crippen molar-refractivity contribution in [2.45, 2.75) is 12.5 Å². The molecule has 0 bridgehead atoms. The van der Waals surface area contributed by atoms with Gasteiger partial charge in [0.15, 0.2) is 5.65 Å². The van der Waals surface area contributed by atoms with Crippen LogP contribution in [0.2, 0.25) is 10.0 Å². The van der Waals surface area contributed by atoms with E-state index in [4.69, 9.17) is 38.0 Å². The second-order valence-electron chi connectivity index (χ2n) is 10.4. The molecule has 38 heavy (non-hydrogen) atoms. The standard InChI is InChI=1S/C29H26Cl2N6O/c1-18-14-25(35-15-22-23(16-35)29(22,17-32)36-10-12-38-13-11-36)37-28(33-18)26(19-6-8-20(30)9-7-19)27(34-37)21-4-2-3-5-24(21)31/h2-9,14,22-23H,10-13,15-16H2,1H3/t22-,23+,29-. The largest absolute Gasteiger partial charge is 0.379 e. The van der Waals surface area contributed by atoms with E-state index in [0.29, 0.717) is 35.1 Å². The van der Waals surface area contributed by atoms with Crippen molar-refractivity contribution in [2.24, 2.45) is 11.8 Å². The summed E-state index contributed by atoms with van der Waals surface area (Å²) in [5.41, 5.74) is 4.84. The second-order valence-corrected chi connectivity index (χ2v) is 11.2. The van der Waals surface area contributed by atoms with Crippen LogP contribution in [-0.2, 0) is 4.74 Å². The summed E-state index contributed by atoms with van der Waals surface area (Å²) < 4.78 is 7.49. The molecule has 3 aliphatic rings. The lowest BCUT2D eigenvalue weighted by atomic mass is 10.0. The SMILES string of the molecule is Cc1cc(N2C[C@@H]3[C@H](C2)[C@]3(C#N)N2CCOCC2)n2nc(-c3ccccc3Cl)c(-c3ccc(Cl)cc3)c2n1. The van der Waals surface area contributed by atoms with E-state index >= 15 is 0 Å². The Hall–Kier alpha value is -3.15. The van der Waals surface area contributed by atoms with Gasteiger partial charge in [-0.3, -0.25) is 4.90 Å². The van der Waals surface area contributed by atoms with Crippen LogP contribution in [0.15, 0.2) is 54.6 Å². The van der Waals surface area contributed by atoms with Gasteiger partial charge in [-0.1, -0.05) is 53.5 Å². The molecule has 0 unspecified atom stereocenters. The van der Waals surface area contributed by atoms with Gasteiger partial charge >= 0.3 is 0 Å². The van der Waals surface area contributed by atoms with E-state index < -0.39 is 0 Å². The number of halogens is 2. The molecule has 3 fully saturated rings. The maximum absolute atomic E-state index is 10.2. The van der Waals surface area contributed by atoms with Gasteiger partial charge in [0.1, 0.15) is 17.1 Å². The topological polar surface area (TPSA) is 69.7 Å². The first-order valence-corrected chi connectivity index (χ1v) is 13.7. The maximum Gasteiger partial charge on any atom is 0.166 e. The Morgan fingerprint density at radius 3 is 2.42 bits per heavy atom. The van der Waals surface area contributed by atoms with Crippen molar-refractivity contribution in [1.82, 2.24) is 19.5 Å². The molecule has 0 amide bonds. The van der Waals surface area contributed by atoms with Gasteiger partial charge in [-0.2, -0.15) is 14.9 Å². The molecule has 192 valence electrons. The molecule has 2 aromatic carbocycles. The highest BCUT2D eigenvalue weighted by molar-refractivity contribution is 6.33. The lowest BCUT2D eigenvalue weighted by Gasteiger charge is -2.35. The fraction of sp³-hybridized carbons (Fsp3) is 0.345. The fourth-order valence-electron chi connectivity index (χ4n) is 6.50. The van der Waals surface area contributed by atoms with Crippen LogP contribution < -0.4 is 4.90 Å². The van der Waals surface area contributed by atoms with E-state index in [1.165, 1.54) is 0 Å². The Morgan fingerprint density at radius 2 is 1.74 bits per heavy atom. The van der Waals surface area contributed by atoms with Gasteiger partial charge in [0.2, 0.25) is 0 Å². The van der Waals surface area contributed by atoms with Crippen LogP contribution in [0.25, 0.3) is 28.0 Å². The minimum Gasteiger partial charge on any atom is -0.379 e. The van der Waals surface area contributed by atoms with Gasteiger partial charge in [0.05, 0.1) is 29.9 Å². The van der Waals surface area contributed by atoms with Gasteiger partial charge in [-0.05, 0) is 30.7 Å². The number of hydrogen-bond donors (Lipinski definition) is 0. The smallest absolute Gasteiger partial charge is 0.166 e. The summed E-state index contributed by atoms with van der Waals surface area (Å²) in [6, 6.07) is 20.3. The first-order chi connectivity index (χ1) is 18.5. The van der Waals surface area contributed by atoms with Crippen LogP contribution in [0.1, 0.15) is 5.69 Å². The van der Waals surface area contributed by atoms with Crippen molar-refractivity contribution in [2.75, 3.05) is 44.3 Å². The number of rotatable bonds is 4. The number of aromatic nitrogens is 3. The molecular formula is C29H26Cl2N6O. The number of benzene rings is 2. The minimum absolute atomic E-state index is 0.309. The molecule has 4 heterocycles. The highest BCUT2D eigenvalue weighted by Gasteiger charge is 2.72. The first-order valence-electron chi connectivity index (χ1n) is 12.9. The molecule has 2 aliphatic heterocycles. The molecule has 2 saturated heterocycles. The molecule has 3 atom stereocenters. The van der Waals surface area contributed by atoms with Gasteiger partial charge in [0, 0.05) is 60.4 Å². The number of morpholine rings is 1. The Kier molecular flexibility index (Phi) is 5.64. The van der Waals surface area contributed by atoms with Crippen LogP contribution >= 0.6 is 23.2 Å². The van der Waals surface area contributed by atoms with Crippen molar-refractivity contribution in [1.29, 1.82) is 5.26 Å². The fourth-order valence-corrected chi connectivity index (χ4v) is 6.85. The summed E-state index contributed by atoms with van der Waals surface area (Å²) in [7, 11) is 0. The lowest BCUT2D eigenvalue weighted by molar-refractivity contribution is 0.0148. The molecule has 9 heteroatoms.